The lowest BCUT2D eigenvalue weighted by Gasteiger charge is -2.09. The molecule has 21 heavy (non-hydrogen) atoms. The molecule has 0 aliphatic heterocycles. The third-order valence-corrected chi connectivity index (χ3v) is 2.66. The van der Waals surface area contributed by atoms with Gasteiger partial charge in [0.2, 0.25) is 5.95 Å². The van der Waals surface area contributed by atoms with Gasteiger partial charge in [0.25, 0.3) is 0 Å². The Hall–Kier alpha value is -2.94. The number of nitrogens with two attached hydrogens (primary N) is 1. The molecule has 0 saturated heterocycles. The zero-order valence-corrected chi connectivity index (χ0v) is 11.9. The van der Waals surface area contributed by atoms with E-state index in [0.29, 0.717) is 17.4 Å². The van der Waals surface area contributed by atoms with Crippen LogP contribution in [-0.4, -0.2) is 29.6 Å². The van der Waals surface area contributed by atoms with Gasteiger partial charge >= 0.3 is 0 Å². The summed E-state index contributed by atoms with van der Waals surface area (Å²) in [5, 5.41) is 4.24. The summed E-state index contributed by atoms with van der Waals surface area (Å²) in [6, 6.07) is 5.43. The van der Waals surface area contributed by atoms with Gasteiger partial charge in [-0.15, -0.1) is 6.42 Å². The van der Waals surface area contributed by atoms with E-state index in [4.69, 9.17) is 21.6 Å². The van der Waals surface area contributed by atoms with Crippen LogP contribution in [0.1, 0.15) is 11.3 Å². The minimum absolute atomic E-state index is 0.171. The highest BCUT2D eigenvalue weighted by Crippen LogP contribution is 2.27. The van der Waals surface area contributed by atoms with Gasteiger partial charge < -0.3 is 15.2 Å². The van der Waals surface area contributed by atoms with E-state index in [-0.39, 0.29) is 6.61 Å². The predicted molar refractivity (Wildman–Crippen MR) is 81.7 cm³/mol. The topological polar surface area (TPSA) is 74.7 Å². The Morgan fingerprint density at radius 2 is 2.29 bits per heavy atom. The molecular weight excluding hydrogens is 268 g/mol. The number of terminal acetylenes is 1. The van der Waals surface area contributed by atoms with Crippen molar-refractivity contribution < 1.29 is 9.47 Å². The van der Waals surface area contributed by atoms with Gasteiger partial charge in [0.05, 0.1) is 25.2 Å². The van der Waals surface area contributed by atoms with Crippen molar-refractivity contribution in [2.24, 2.45) is 5.10 Å². The Morgan fingerprint density at radius 1 is 1.48 bits per heavy atom. The number of benzene rings is 1. The van der Waals surface area contributed by atoms with E-state index in [2.05, 4.69) is 16.0 Å². The smallest absolute Gasteiger partial charge is 0.221 e. The standard InChI is InChI=1S/C15H16N4O2/c1-4-7-21-14-8-12(5-6-13(14)20-3)9-17-19-10-11(2)18-15(19)16/h1,5-6,8-10H,7H2,2-3H3,(H2,16,18). The zero-order chi connectivity index (χ0) is 15.2. The average Bonchev–Trinajstić information content (AvgIpc) is 2.81. The number of hydrogen-bond donors (Lipinski definition) is 1. The third-order valence-electron chi connectivity index (χ3n) is 2.66. The second-order valence-corrected chi connectivity index (χ2v) is 4.23. The highest BCUT2D eigenvalue weighted by atomic mass is 16.5. The number of methoxy groups -OCH3 is 1. The lowest BCUT2D eigenvalue weighted by atomic mass is 10.2. The fraction of sp³-hybridized carbons (Fsp3) is 0.200. The summed E-state index contributed by atoms with van der Waals surface area (Å²) in [6.45, 7) is 2.02. The van der Waals surface area contributed by atoms with Gasteiger partial charge in [0.1, 0.15) is 6.61 Å². The summed E-state index contributed by atoms with van der Waals surface area (Å²) < 4.78 is 12.1. The van der Waals surface area contributed by atoms with Crippen molar-refractivity contribution >= 4 is 12.2 Å². The first-order valence-electron chi connectivity index (χ1n) is 6.24. The van der Waals surface area contributed by atoms with Crippen LogP contribution >= 0.6 is 0 Å². The van der Waals surface area contributed by atoms with E-state index in [1.807, 2.05) is 13.0 Å². The first-order valence-corrected chi connectivity index (χ1v) is 6.24. The van der Waals surface area contributed by atoms with E-state index in [1.165, 1.54) is 4.68 Å². The Kier molecular flexibility index (Phi) is 4.46. The summed E-state index contributed by atoms with van der Waals surface area (Å²) in [7, 11) is 1.57. The molecule has 2 rings (SSSR count). The van der Waals surface area contributed by atoms with Crippen molar-refractivity contribution in [2.75, 3.05) is 19.5 Å². The molecule has 0 aliphatic rings. The van der Waals surface area contributed by atoms with E-state index < -0.39 is 0 Å². The minimum atomic E-state index is 0.171. The minimum Gasteiger partial charge on any atom is -0.493 e. The molecule has 1 aromatic carbocycles. The number of imidazole rings is 1. The first kappa shape index (κ1) is 14.5. The van der Waals surface area contributed by atoms with Gasteiger partial charge in [-0.05, 0) is 30.7 Å². The van der Waals surface area contributed by atoms with Gasteiger partial charge in [0, 0.05) is 0 Å². The molecule has 108 valence electrons. The summed E-state index contributed by atoms with van der Waals surface area (Å²) in [5.74, 6) is 3.92. The van der Waals surface area contributed by atoms with Gasteiger partial charge in [-0.1, -0.05) is 5.92 Å². The van der Waals surface area contributed by atoms with Crippen LogP contribution in [0, 0.1) is 19.3 Å². The predicted octanol–water partition coefficient (Wildman–Crippen LogP) is 1.68. The molecule has 0 aliphatic carbocycles. The number of rotatable bonds is 5. The molecule has 0 amide bonds. The Labute approximate surface area is 123 Å². The number of nitrogens with zero attached hydrogens (tertiary/aromatic N) is 3. The van der Waals surface area contributed by atoms with E-state index in [1.54, 1.807) is 31.7 Å². The van der Waals surface area contributed by atoms with Crippen LogP contribution in [0.15, 0.2) is 29.5 Å². The van der Waals surface area contributed by atoms with Gasteiger partial charge in [-0.3, -0.25) is 0 Å². The van der Waals surface area contributed by atoms with Crippen molar-refractivity contribution in [3.05, 3.63) is 35.7 Å². The summed E-state index contributed by atoms with van der Waals surface area (Å²) in [6.07, 6.45) is 8.59. The maximum absolute atomic E-state index is 5.72. The molecule has 1 aromatic heterocycles. The highest BCUT2D eigenvalue weighted by molar-refractivity contribution is 5.81. The quantitative estimate of drug-likeness (QED) is 0.669. The van der Waals surface area contributed by atoms with E-state index >= 15 is 0 Å². The molecule has 0 unspecified atom stereocenters. The van der Waals surface area contributed by atoms with Crippen LogP contribution in [0.2, 0.25) is 0 Å². The maximum Gasteiger partial charge on any atom is 0.221 e. The molecule has 0 radical (unpaired) electrons. The van der Waals surface area contributed by atoms with Crippen LogP contribution in [0.4, 0.5) is 5.95 Å². The summed E-state index contributed by atoms with van der Waals surface area (Å²) in [4.78, 5) is 4.07. The molecule has 2 N–H and O–H groups in total. The normalized spacial score (nSPS) is 10.5. The van der Waals surface area contributed by atoms with Crippen molar-refractivity contribution in [3.8, 4) is 23.8 Å². The lowest BCUT2D eigenvalue weighted by Crippen LogP contribution is -1.99. The zero-order valence-electron chi connectivity index (χ0n) is 11.9. The molecule has 0 atom stereocenters. The van der Waals surface area contributed by atoms with E-state index in [0.717, 1.165) is 11.3 Å². The van der Waals surface area contributed by atoms with Gasteiger partial charge in [-0.2, -0.15) is 5.10 Å². The molecule has 0 saturated carbocycles. The number of aromatic nitrogens is 2. The van der Waals surface area contributed by atoms with E-state index in [9.17, 15) is 0 Å². The molecule has 6 heteroatoms. The monoisotopic (exact) mass is 284 g/mol. The number of hydrogen-bond acceptors (Lipinski definition) is 5. The fourth-order valence-electron chi connectivity index (χ4n) is 1.73. The van der Waals surface area contributed by atoms with Crippen molar-refractivity contribution in [1.29, 1.82) is 0 Å². The van der Waals surface area contributed by atoms with Crippen molar-refractivity contribution in [1.82, 2.24) is 9.66 Å². The molecule has 2 aromatic rings. The van der Waals surface area contributed by atoms with Crippen LogP contribution in [-0.2, 0) is 0 Å². The maximum atomic E-state index is 5.72. The Morgan fingerprint density at radius 3 is 2.90 bits per heavy atom. The number of nitrogen functional groups attached to an aromatic ring is 1. The largest absolute Gasteiger partial charge is 0.493 e. The second-order valence-electron chi connectivity index (χ2n) is 4.23. The fourth-order valence-corrected chi connectivity index (χ4v) is 1.73. The van der Waals surface area contributed by atoms with Crippen LogP contribution in [0.25, 0.3) is 0 Å². The first-order chi connectivity index (χ1) is 10.1. The number of ether oxygens (including phenoxy) is 2. The van der Waals surface area contributed by atoms with Crippen LogP contribution in [0.3, 0.4) is 0 Å². The summed E-state index contributed by atoms with van der Waals surface area (Å²) in [5.41, 5.74) is 7.35. The Bertz CT molecular complexity index is 698. The van der Waals surface area contributed by atoms with Crippen molar-refractivity contribution in [3.63, 3.8) is 0 Å². The van der Waals surface area contributed by atoms with Gasteiger partial charge in [-0.25, -0.2) is 9.66 Å². The van der Waals surface area contributed by atoms with Crippen LogP contribution in [0.5, 0.6) is 11.5 Å². The Balaban J connectivity index is 2.24. The summed E-state index contributed by atoms with van der Waals surface area (Å²) >= 11 is 0. The van der Waals surface area contributed by atoms with Crippen LogP contribution < -0.4 is 15.2 Å². The lowest BCUT2D eigenvalue weighted by molar-refractivity contribution is 0.331. The van der Waals surface area contributed by atoms with Crippen molar-refractivity contribution in [2.45, 2.75) is 6.92 Å². The molecule has 0 fully saturated rings. The molecule has 0 bridgehead atoms. The third kappa shape index (κ3) is 3.54. The second kappa shape index (κ2) is 6.48. The average molecular weight is 284 g/mol. The molecular formula is C15H16N4O2. The molecule has 6 nitrogen and oxygen atoms in total. The van der Waals surface area contributed by atoms with Gasteiger partial charge in [0.15, 0.2) is 11.5 Å². The SMILES string of the molecule is C#CCOc1cc(C=Nn2cc(C)nc2N)ccc1OC. The number of anilines is 1. The molecule has 1 heterocycles. The highest BCUT2D eigenvalue weighted by Gasteiger charge is 2.05. The number of aryl methyl sites for hydroxylation is 1. The molecule has 0 spiro atoms.